The first-order valence-corrected chi connectivity index (χ1v) is 41.3. The fraction of sp³-hybridized carbons (Fsp3) is 0.556. The third-order valence-corrected chi connectivity index (χ3v) is 20.5. The fourth-order valence-electron chi connectivity index (χ4n) is 13.3. The van der Waals surface area contributed by atoms with E-state index in [4.69, 9.17) is 23.1 Å². The Hall–Kier alpha value is -10.1. The number of aryl methyl sites for hydroxylation is 2. The monoisotopic (exact) mass is 1600 g/mol. The molecular formula is C90H128N14O12+2. The van der Waals surface area contributed by atoms with Gasteiger partial charge in [-0.3, -0.25) is 47.9 Å². The molecule has 0 aromatic heterocycles. The Morgan fingerprint density at radius 1 is 0.457 bits per heavy atom. The summed E-state index contributed by atoms with van der Waals surface area (Å²) in [4.78, 5) is 127. The van der Waals surface area contributed by atoms with Crippen LogP contribution in [0, 0.1) is 24.7 Å². The standard InChI is InChI=1S/C46H65N7O6.C44H61N7O6/c1-6-7-14-32-52(45(59)31-30-44(58)49-47-34-37-22-26-38(27-23-37)46(2)50-51-46)33-15-10-12-19-41(53(3,4)5)42(56)20-16-17-36-24-28-39(29-25-36)48-43(57)21-13-9-8-11-18-40(55)35-54;1-6-7-21-43(57)50(46-31-35-22-26-36(27-23-35)44(2)48-49-44)32-42(56)45-30-14-10-12-18-39(51(3,4)5)40(54)19-15-16-34-24-28-37(29-25-34)47-41(55)20-13-9-8-11-17-38(53)33-52/h1,22-29,34,41,54H,7-21,30-33,35H2,2-5H3,(H-,48,49,57,58);1,22-29,31,39,52H,7-21,30,32-33H2,2-5H3,(H-,45,47,55,56)/p+2/b47-34+;46-31+/t41-;39-/m11/s1. The molecule has 6 rings (SSSR count). The molecule has 0 unspecified atom stereocenters. The zero-order valence-corrected chi connectivity index (χ0v) is 70.0. The topological polar surface area (TPSA) is 340 Å². The van der Waals surface area contributed by atoms with E-state index < -0.39 is 24.5 Å². The van der Waals surface area contributed by atoms with Crippen molar-refractivity contribution in [1.82, 2.24) is 20.7 Å². The van der Waals surface area contributed by atoms with E-state index in [1.807, 2.05) is 132 Å². The Labute approximate surface area is 687 Å². The van der Waals surface area contributed by atoms with Gasteiger partial charge in [-0.2, -0.15) is 30.7 Å². The summed E-state index contributed by atoms with van der Waals surface area (Å²) in [6.07, 6.45) is 34.1. The lowest BCUT2D eigenvalue weighted by molar-refractivity contribution is -0.886. The average molecular weight is 1600 g/mol. The third kappa shape index (κ3) is 39.0. The van der Waals surface area contributed by atoms with Gasteiger partial charge in [-0.05, 0) is 144 Å². The number of hydrogen-bond donors (Lipinski definition) is 6. The van der Waals surface area contributed by atoms with Crippen LogP contribution in [0.5, 0.6) is 0 Å². The van der Waals surface area contributed by atoms with Crippen LogP contribution >= 0.6 is 0 Å². The van der Waals surface area contributed by atoms with Crippen LogP contribution in [-0.2, 0) is 72.1 Å². The summed E-state index contributed by atoms with van der Waals surface area (Å²) in [6, 6.07) is 30.4. The molecule has 6 amide bonds. The number of carbonyl (C=O) groups is 10. The van der Waals surface area contributed by atoms with Crippen LogP contribution in [-0.4, -0.2) is 194 Å². The molecule has 0 aliphatic carbocycles. The summed E-state index contributed by atoms with van der Waals surface area (Å²) >= 11 is 0. The number of anilines is 2. The van der Waals surface area contributed by atoms with E-state index in [0.29, 0.717) is 80.0 Å². The van der Waals surface area contributed by atoms with Gasteiger partial charge in [0, 0.05) is 126 Å². The number of rotatable bonds is 58. The Morgan fingerprint density at radius 2 is 0.888 bits per heavy atom. The van der Waals surface area contributed by atoms with E-state index in [1.54, 1.807) is 17.3 Å². The van der Waals surface area contributed by atoms with Crippen molar-refractivity contribution in [3.63, 3.8) is 0 Å². The van der Waals surface area contributed by atoms with Gasteiger partial charge in [0.25, 0.3) is 0 Å². The summed E-state index contributed by atoms with van der Waals surface area (Å²) < 4.78 is 1.10. The molecule has 4 aromatic carbocycles. The molecule has 26 heteroatoms. The van der Waals surface area contributed by atoms with Gasteiger partial charge < -0.3 is 40.0 Å². The Bertz CT molecular complexity index is 3990. The van der Waals surface area contributed by atoms with E-state index in [0.717, 1.165) is 178 Å². The number of unbranched alkanes of at least 4 members (excludes halogenated alkanes) is 11. The molecule has 26 nitrogen and oxygen atoms in total. The number of Topliss-reactive ketones (excluding diaryl/α,β-unsaturated/α-hetero) is 4. The number of nitrogens with zero attached hydrogens (tertiary/aromatic N) is 10. The molecule has 0 bridgehead atoms. The molecular weight excluding hydrogens is 1470 g/mol. The molecule has 628 valence electrons. The van der Waals surface area contributed by atoms with Gasteiger partial charge in [-0.15, -0.1) is 24.7 Å². The zero-order valence-electron chi connectivity index (χ0n) is 70.0. The largest absolute Gasteiger partial charge is 0.389 e. The fourth-order valence-corrected chi connectivity index (χ4v) is 13.3. The number of aliphatic hydroxyl groups excluding tert-OH is 2. The molecule has 0 spiro atoms. The molecule has 116 heavy (non-hydrogen) atoms. The van der Waals surface area contributed by atoms with Crippen LogP contribution in [0.2, 0.25) is 0 Å². The summed E-state index contributed by atoms with van der Waals surface area (Å²) in [7, 11) is 12.3. The average Bonchev–Trinajstić information content (AvgIpc) is 1.65. The molecule has 0 saturated carbocycles. The highest BCUT2D eigenvalue weighted by atomic mass is 16.3. The predicted molar refractivity (Wildman–Crippen MR) is 454 cm³/mol. The van der Waals surface area contributed by atoms with Crippen molar-refractivity contribution < 1.29 is 67.1 Å². The number of hydrogen-bond acceptors (Lipinski definition) is 18. The highest BCUT2D eigenvalue weighted by Gasteiger charge is 2.37. The van der Waals surface area contributed by atoms with Crippen molar-refractivity contribution in [3.8, 4) is 24.7 Å². The van der Waals surface area contributed by atoms with E-state index in [1.165, 1.54) is 0 Å². The first kappa shape index (κ1) is 96.5. The normalized spacial score (nSPS) is 13.4. The van der Waals surface area contributed by atoms with Gasteiger partial charge >= 0.3 is 0 Å². The SMILES string of the molecule is C#CCCC(=O)N(CC(=O)NCCCCC[C@H](C(=O)CCCc1ccc(NC(=O)CCCCCCC(=O)CO)cc1)[N+](C)(C)C)/N=C/c1ccc(C2(C)N=N2)cc1.C#CCCCN(CCCCC[C@H](C(=O)CCCc1ccc(NC(=O)CCCCCCC(=O)CO)cc1)[N+](C)(C)C)C(=O)CCC(=O)N/N=C/c1ccc(C2(C)N=N2)cc1. The van der Waals surface area contributed by atoms with Crippen molar-refractivity contribution in [3.05, 3.63) is 130 Å². The lowest BCUT2D eigenvalue weighted by atomic mass is 9.97. The van der Waals surface area contributed by atoms with E-state index >= 15 is 0 Å². The van der Waals surface area contributed by atoms with Gasteiger partial charge in [-0.25, -0.2) is 10.4 Å². The lowest BCUT2D eigenvalue weighted by Gasteiger charge is -2.33. The number of terminal acetylenes is 2. The highest BCUT2D eigenvalue weighted by molar-refractivity contribution is 5.92. The van der Waals surface area contributed by atoms with Crippen molar-refractivity contribution >= 4 is 82.4 Å². The molecule has 2 aliphatic rings. The number of aliphatic hydroxyl groups is 2. The molecule has 4 aromatic rings. The molecule has 2 atom stereocenters. The number of quaternary nitrogens is 2. The Morgan fingerprint density at radius 3 is 1.33 bits per heavy atom. The Kier molecular flexibility index (Phi) is 43.0. The van der Waals surface area contributed by atoms with E-state index in [9.17, 15) is 47.9 Å². The van der Waals surface area contributed by atoms with E-state index in [-0.39, 0.29) is 103 Å². The molecule has 0 radical (unpaired) electrons. The lowest BCUT2D eigenvalue weighted by Crippen LogP contribution is -2.49. The van der Waals surface area contributed by atoms with Crippen LogP contribution in [0.1, 0.15) is 240 Å². The number of carbonyl (C=O) groups excluding carboxylic acids is 10. The molecule has 0 fully saturated rings. The molecule has 6 N–H and O–H groups in total. The molecule has 2 heterocycles. The van der Waals surface area contributed by atoms with Gasteiger partial charge in [0.15, 0.2) is 23.1 Å². The van der Waals surface area contributed by atoms with Crippen LogP contribution in [0.15, 0.2) is 128 Å². The Balaban J connectivity index is 0.000000414. The minimum absolute atomic E-state index is 0.0280. The second-order valence-corrected chi connectivity index (χ2v) is 32.2. The van der Waals surface area contributed by atoms with Crippen LogP contribution < -0.4 is 21.4 Å². The van der Waals surface area contributed by atoms with Crippen LogP contribution in [0.3, 0.4) is 0 Å². The minimum atomic E-state index is -0.480. The predicted octanol–water partition coefficient (Wildman–Crippen LogP) is 12.9. The third-order valence-electron chi connectivity index (χ3n) is 20.5. The quantitative estimate of drug-likeness (QED) is 0.00790. The summed E-state index contributed by atoms with van der Waals surface area (Å²) in [6.45, 7) is 4.39. The number of benzene rings is 4. The summed E-state index contributed by atoms with van der Waals surface area (Å²) in [5, 5.41) is 52.0. The zero-order chi connectivity index (χ0) is 84.8. The molecule has 0 saturated heterocycles. The smallest absolute Gasteiger partial charge is 0.244 e. The van der Waals surface area contributed by atoms with Crippen LogP contribution in [0.25, 0.3) is 0 Å². The van der Waals surface area contributed by atoms with E-state index in [2.05, 4.69) is 85.0 Å². The highest BCUT2D eigenvalue weighted by Crippen LogP contribution is 2.39. The first-order valence-electron chi connectivity index (χ1n) is 41.3. The first-order chi connectivity index (χ1) is 55.5. The van der Waals surface area contributed by atoms with Crippen molar-refractivity contribution in [1.29, 1.82) is 0 Å². The van der Waals surface area contributed by atoms with Gasteiger partial charge in [-0.1, -0.05) is 111 Å². The molecule has 2 aliphatic heterocycles. The maximum Gasteiger partial charge on any atom is 0.244 e. The number of amides is 6. The van der Waals surface area contributed by atoms with Gasteiger partial charge in [0.05, 0.1) is 54.7 Å². The number of hydrazone groups is 2. The van der Waals surface area contributed by atoms with Crippen molar-refractivity contribution in [2.75, 3.05) is 92.3 Å². The second kappa shape index (κ2) is 51.8. The van der Waals surface area contributed by atoms with Crippen molar-refractivity contribution in [2.45, 2.75) is 243 Å². The maximum absolute atomic E-state index is 13.5. The van der Waals surface area contributed by atoms with Gasteiger partial charge in [0.1, 0.15) is 31.8 Å². The van der Waals surface area contributed by atoms with Gasteiger partial charge in [0.2, 0.25) is 46.8 Å². The number of nitrogens with one attached hydrogen (secondary N) is 4. The minimum Gasteiger partial charge on any atom is -0.389 e. The maximum atomic E-state index is 13.5. The van der Waals surface area contributed by atoms with Crippen LogP contribution in [0.4, 0.5) is 11.4 Å². The number of likely N-dealkylation sites (N-methyl/N-ethyl adjacent to an activating group) is 2. The van der Waals surface area contributed by atoms with Crippen molar-refractivity contribution in [2.24, 2.45) is 30.7 Å². The second-order valence-electron chi connectivity index (χ2n) is 32.2. The number of ketones is 4. The summed E-state index contributed by atoms with van der Waals surface area (Å²) in [5.74, 6) is 4.16. The summed E-state index contributed by atoms with van der Waals surface area (Å²) in [5.41, 5.74) is 8.84.